The van der Waals surface area contributed by atoms with Gasteiger partial charge in [-0.3, -0.25) is 4.90 Å². The monoisotopic (exact) mass is 298 g/mol. The molecule has 2 N–H and O–H groups in total. The zero-order valence-corrected chi connectivity index (χ0v) is 12.2. The summed E-state index contributed by atoms with van der Waals surface area (Å²) in [6.07, 6.45) is -0.518. The number of ether oxygens (including phenoxy) is 2. The Balaban J connectivity index is 2.00. The molecule has 1 aliphatic rings. The molecule has 1 aromatic carbocycles. The molecule has 0 bridgehead atoms. The molecule has 6 heteroatoms. The number of hydrogen-bond donors (Lipinski definition) is 1. The second-order valence-electron chi connectivity index (χ2n) is 4.75. The van der Waals surface area contributed by atoms with Gasteiger partial charge in [0, 0.05) is 31.2 Å². The zero-order valence-electron chi connectivity index (χ0n) is 11.5. The van der Waals surface area contributed by atoms with Gasteiger partial charge in [0.05, 0.1) is 13.7 Å². The normalized spacial score (nSPS) is 19.9. The minimum absolute atomic E-state index is 0.334. The Labute approximate surface area is 123 Å². The Bertz CT molecular complexity index is 481. The average molecular weight is 299 g/mol. The third kappa shape index (κ3) is 3.70. The van der Waals surface area contributed by atoms with Gasteiger partial charge >= 0.3 is 5.97 Å². The zero-order chi connectivity index (χ0) is 14.5. The van der Waals surface area contributed by atoms with Crippen molar-refractivity contribution < 1.29 is 14.3 Å². The first-order chi connectivity index (χ1) is 9.63. The van der Waals surface area contributed by atoms with Gasteiger partial charge in [-0.05, 0) is 17.2 Å². The molecular weight excluding hydrogens is 280 g/mol. The minimum atomic E-state index is -0.518. The first-order valence-electron chi connectivity index (χ1n) is 6.53. The second kappa shape index (κ2) is 7.04. The third-order valence-corrected chi connectivity index (χ3v) is 3.71. The van der Waals surface area contributed by atoms with Crippen LogP contribution in [0.2, 0.25) is 5.02 Å². The highest BCUT2D eigenvalue weighted by Crippen LogP contribution is 2.20. The molecule has 0 amide bonds. The molecule has 1 heterocycles. The molecule has 0 radical (unpaired) electrons. The number of esters is 1. The fourth-order valence-corrected chi connectivity index (χ4v) is 2.47. The lowest BCUT2D eigenvalue weighted by molar-refractivity contribution is -0.160. The van der Waals surface area contributed by atoms with Gasteiger partial charge in [0.25, 0.3) is 0 Å². The molecule has 1 aromatic rings. The van der Waals surface area contributed by atoms with Gasteiger partial charge < -0.3 is 15.2 Å². The number of nitrogens with two attached hydrogens (primary N) is 1. The van der Waals surface area contributed by atoms with Gasteiger partial charge in [0.15, 0.2) is 6.10 Å². The number of benzene rings is 1. The molecule has 1 saturated heterocycles. The molecule has 5 nitrogen and oxygen atoms in total. The largest absolute Gasteiger partial charge is 0.467 e. The number of rotatable bonds is 4. The molecule has 1 unspecified atom stereocenters. The number of carbonyl (C=O) groups excluding carboxylic acids is 1. The highest BCUT2D eigenvalue weighted by atomic mass is 35.5. The minimum Gasteiger partial charge on any atom is -0.467 e. The molecule has 1 fully saturated rings. The van der Waals surface area contributed by atoms with Gasteiger partial charge in [-0.15, -0.1) is 0 Å². The van der Waals surface area contributed by atoms with E-state index in [-0.39, 0.29) is 5.97 Å². The van der Waals surface area contributed by atoms with E-state index < -0.39 is 6.10 Å². The molecule has 0 spiro atoms. The van der Waals surface area contributed by atoms with Crippen LogP contribution in [0.4, 0.5) is 0 Å². The number of carbonyl (C=O) groups is 1. The maximum atomic E-state index is 11.5. The second-order valence-corrected chi connectivity index (χ2v) is 5.15. The van der Waals surface area contributed by atoms with Crippen molar-refractivity contribution in [1.29, 1.82) is 0 Å². The fourth-order valence-electron chi connectivity index (χ4n) is 2.21. The standard InChI is InChI=1S/C14H19ClN2O3/c1-19-14(18)13-9-17(4-5-20-13)8-11-3-2-10(7-16)6-12(11)15/h2-3,6,13H,4-5,7-9,16H2,1H3. The van der Waals surface area contributed by atoms with Crippen LogP contribution in [0.3, 0.4) is 0 Å². The van der Waals surface area contributed by atoms with Crippen LogP contribution in [0.5, 0.6) is 0 Å². The highest BCUT2D eigenvalue weighted by molar-refractivity contribution is 6.31. The molecule has 1 atom stereocenters. The van der Waals surface area contributed by atoms with E-state index in [1.54, 1.807) is 0 Å². The Morgan fingerprint density at radius 1 is 1.60 bits per heavy atom. The van der Waals surface area contributed by atoms with Crippen molar-refractivity contribution in [2.24, 2.45) is 5.73 Å². The van der Waals surface area contributed by atoms with Crippen molar-refractivity contribution in [1.82, 2.24) is 4.90 Å². The van der Waals surface area contributed by atoms with E-state index >= 15 is 0 Å². The van der Waals surface area contributed by atoms with Crippen LogP contribution in [-0.4, -0.2) is 43.8 Å². The van der Waals surface area contributed by atoms with Crippen molar-refractivity contribution in [3.63, 3.8) is 0 Å². The Kier molecular flexibility index (Phi) is 5.37. The lowest BCUT2D eigenvalue weighted by atomic mass is 10.1. The summed E-state index contributed by atoms with van der Waals surface area (Å²) in [5, 5.41) is 0.703. The molecule has 110 valence electrons. The van der Waals surface area contributed by atoms with Crippen molar-refractivity contribution >= 4 is 17.6 Å². The molecule has 0 saturated carbocycles. The summed E-state index contributed by atoms with van der Waals surface area (Å²) in [6.45, 7) is 2.95. The number of hydrogen-bond acceptors (Lipinski definition) is 5. The van der Waals surface area contributed by atoms with E-state index in [9.17, 15) is 4.79 Å². The number of morpholine rings is 1. The third-order valence-electron chi connectivity index (χ3n) is 3.36. The predicted molar refractivity (Wildman–Crippen MR) is 76.4 cm³/mol. The summed E-state index contributed by atoms with van der Waals surface area (Å²) in [5.74, 6) is -0.334. The molecule has 0 aromatic heterocycles. The SMILES string of the molecule is COC(=O)C1CN(Cc2ccc(CN)cc2Cl)CCO1. The fraction of sp³-hybridized carbons (Fsp3) is 0.500. The summed E-state index contributed by atoms with van der Waals surface area (Å²) >= 11 is 6.25. The summed E-state index contributed by atoms with van der Waals surface area (Å²) in [7, 11) is 1.37. The molecular formula is C14H19ClN2O3. The first-order valence-corrected chi connectivity index (χ1v) is 6.91. The summed E-state index contributed by atoms with van der Waals surface area (Å²) in [5.41, 5.74) is 7.61. The Morgan fingerprint density at radius 2 is 2.40 bits per heavy atom. The molecule has 20 heavy (non-hydrogen) atoms. The van der Waals surface area contributed by atoms with Crippen LogP contribution >= 0.6 is 11.6 Å². The van der Waals surface area contributed by atoms with Gasteiger partial charge in [-0.2, -0.15) is 0 Å². The summed E-state index contributed by atoms with van der Waals surface area (Å²) < 4.78 is 10.1. The van der Waals surface area contributed by atoms with E-state index in [0.717, 1.165) is 17.7 Å². The van der Waals surface area contributed by atoms with E-state index in [1.807, 2.05) is 18.2 Å². The van der Waals surface area contributed by atoms with Crippen LogP contribution < -0.4 is 5.73 Å². The van der Waals surface area contributed by atoms with Gasteiger partial charge in [0.2, 0.25) is 0 Å². The summed E-state index contributed by atoms with van der Waals surface area (Å²) in [6, 6.07) is 5.84. The van der Waals surface area contributed by atoms with E-state index in [4.69, 9.17) is 26.8 Å². The lowest BCUT2D eigenvalue weighted by Gasteiger charge is -2.31. The number of nitrogens with zero attached hydrogens (tertiary/aromatic N) is 1. The Morgan fingerprint density at radius 3 is 3.05 bits per heavy atom. The lowest BCUT2D eigenvalue weighted by Crippen LogP contribution is -2.46. The van der Waals surface area contributed by atoms with Gasteiger partial charge in [0.1, 0.15) is 0 Å². The van der Waals surface area contributed by atoms with Crippen LogP contribution in [0, 0.1) is 0 Å². The molecule has 0 aliphatic carbocycles. The van der Waals surface area contributed by atoms with Crippen molar-refractivity contribution in [3.05, 3.63) is 34.3 Å². The van der Waals surface area contributed by atoms with Gasteiger partial charge in [-0.25, -0.2) is 4.79 Å². The van der Waals surface area contributed by atoms with Crippen LogP contribution in [0.1, 0.15) is 11.1 Å². The topological polar surface area (TPSA) is 64.8 Å². The maximum absolute atomic E-state index is 11.5. The van der Waals surface area contributed by atoms with Crippen molar-refractivity contribution in [3.8, 4) is 0 Å². The quantitative estimate of drug-likeness (QED) is 0.846. The maximum Gasteiger partial charge on any atom is 0.336 e. The average Bonchev–Trinajstić information content (AvgIpc) is 2.48. The first kappa shape index (κ1) is 15.3. The highest BCUT2D eigenvalue weighted by Gasteiger charge is 2.27. The van der Waals surface area contributed by atoms with Crippen LogP contribution in [0.15, 0.2) is 18.2 Å². The molecule has 1 aliphatic heterocycles. The number of halogens is 1. The van der Waals surface area contributed by atoms with Gasteiger partial charge in [-0.1, -0.05) is 23.7 Å². The smallest absolute Gasteiger partial charge is 0.336 e. The van der Waals surface area contributed by atoms with E-state index in [0.29, 0.717) is 31.3 Å². The molecule has 2 rings (SSSR count). The van der Waals surface area contributed by atoms with Crippen molar-refractivity contribution in [2.45, 2.75) is 19.2 Å². The van der Waals surface area contributed by atoms with Crippen molar-refractivity contribution in [2.75, 3.05) is 26.8 Å². The van der Waals surface area contributed by atoms with Crippen LogP contribution in [-0.2, 0) is 27.4 Å². The van der Waals surface area contributed by atoms with E-state index in [2.05, 4.69) is 4.90 Å². The van der Waals surface area contributed by atoms with E-state index in [1.165, 1.54) is 7.11 Å². The summed E-state index contributed by atoms with van der Waals surface area (Å²) in [4.78, 5) is 13.6. The number of methoxy groups -OCH3 is 1. The van der Waals surface area contributed by atoms with Crippen LogP contribution in [0.25, 0.3) is 0 Å². The predicted octanol–water partition coefficient (Wildman–Crippen LogP) is 1.17. The Hall–Kier alpha value is -1.14.